The quantitative estimate of drug-likeness (QED) is 0.433. The van der Waals surface area contributed by atoms with Gasteiger partial charge in [0.15, 0.2) is 5.82 Å². The molecule has 0 amide bonds. The lowest BCUT2D eigenvalue weighted by atomic mass is 10.1. The number of aromatic amines is 1. The molecular formula is C23H32N8O. The third-order valence-electron chi connectivity index (χ3n) is 6.61. The van der Waals surface area contributed by atoms with Crippen molar-refractivity contribution in [3.05, 3.63) is 18.2 Å². The molecule has 2 fully saturated rings. The Bertz CT molecular complexity index is 1090. The first kappa shape index (κ1) is 20.8. The summed E-state index contributed by atoms with van der Waals surface area (Å²) in [6.07, 6.45) is 5.90. The van der Waals surface area contributed by atoms with Gasteiger partial charge >= 0.3 is 0 Å². The molecule has 9 nitrogen and oxygen atoms in total. The Kier molecular flexibility index (Phi) is 5.73. The molecule has 5 rings (SSSR count). The molecular weight excluding hydrogens is 404 g/mol. The van der Waals surface area contributed by atoms with E-state index >= 15 is 0 Å². The van der Waals surface area contributed by atoms with E-state index in [1.165, 1.54) is 25.7 Å². The average Bonchev–Trinajstić information content (AvgIpc) is 3.49. The van der Waals surface area contributed by atoms with Crippen LogP contribution in [0.4, 0.5) is 23.3 Å². The zero-order valence-electron chi connectivity index (χ0n) is 18.8. The van der Waals surface area contributed by atoms with Gasteiger partial charge in [-0.1, -0.05) is 19.8 Å². The Hall–Kier alpha value is -3.07. The summed E-state index contributed by atoms with van der Waals surface area (Å²) in [6, 6.07) is 6.88. The molecule has 1 saturated carbocycles. The van der Waals surface area contributed by atoms with Crippen molar-refractivity contribution in [2.45, 2.75) is 51.1 Å². The zero-order valence-corrected chi connectivity index (χ0v) is 18.8. The molecule has 2 aliphatic rings. The van der Waals surface area contributed by atoms with Crippen LogP contribution in [0.5, 0.6) is 0 Å². The first-order valence-corrected chi connectivity index (χ1v) is 11.6. The average molecular weight is 437 g/mol. The van der Waals surface area contributed by atoms with Gasteiger partial charge in [-0.2, -0.15) is 10.1 Å². The van der Waals surface area contributed by atoms with Crippen molar-refractivity contribution < 1.29 is 4.74 Å². The Morgan fingerprint density at radius 3 is 2.84 bits per heavy atom. The van der Waals surface area contributed by atoms with Crippen LogP contribution in [0.3, 0.4) is 0 Å². The van der Waals surface area contributed by atoms with E-state index in [0.717, 1.165) is 46.8 Å². The number of fused-ring (bicyclic) bond motifs is 1. The van der Waals surface area contributed by atoms with Crippen LogP contribution in [-0.2, 0) is 4.74 Å². The molecule has 3 heterocycles. The Morgan fingerprint density at radius 1 is 1.22 bits per heavy atom. The lowest BCUT2D eigenvalue weighted by molar-refractivity contribution is 0.0926. The van der Waals surface area contributed by atoms with Gasteiger partial charge in [0, 0.05) is 37.0 Å². The molecule has 3 aromatic rings. The molecule has 1 saturated heterocycles. The van der Waals surface area contributed by atoms with E-state index in [-0.39, 0.29) is 0 Å². The molecule has 32 heavy (non-hydrogen) atoms. The van der Waals surface area contributed by atoms with Crippen LogP contribution in [0, 0.1) is 0 Å². The van der Waals surface area contributed by atoms with Gasteiger partial charge in [-0.15, -0.1) is 0 Å². The monoisotopic (exact) mass is 436 g/mol. The fourth-order valence-corrected chi connectivity index (χ4v) is 4.84. The van der Waals surface area contributed by atoms with Crippen molar-refractivity contribution >= 4 is 34.2 Å². The number of anilines is 4. The van der Waals surface area contributed by atoms with E-state index in [2.05, 4.69) is 38.7 Å². The highest BCUT2D eigenvalue weighted by molar-refractivity contribution is 6.02. The molecule has 0 unspecified atom stereocenters. The number of ether oxygens (including phenoxy) is 1. The number of H-pyrrole nitrogens is 1. The second kappa shape index (κ2) is 8.82. The number of hydrogen-bond acceptors (Lipinski definition) is 8. The van der Waals surface area contributed by atoms with Gasteiger partial charge in [0.05, 0.1) is 35.9 Å². The molecule has 0 bridgehead atoms. The number of nitrogens with one attached hydrogen (secondary N) is 3. The number of rotatable bonds is 6. The molecule has 1 aromatic carbocycles. The smallest absolute Gasteiger partial charge is 0.224 e. The third-order valence-corrected chi connectivity index (χ3v) is 6.61. The first-order valence-electron chi connectivity index (χ1n) is 11.6. The van der Waals surface area contributed by atoms with Gasteiger partial charge < -0.3 is 26.0 Å². The molecule has 9 heteroatoms. The standard InChI is InChI=1S/C23H32N8O/c1-3-16-13-32-9-8-31(16)20-12-18(27-23(25-2)28-20)14-10-17(24)21-19(11-14)29-30-22(21)26-15-6-4-5-7-15/h10-12,15-16H,3-9,13,24H2,1-2H3,(H,25,27,28)(H2,26,29,30)/t16-/m1/s1. The lowest BCUT2D eigenvalue weighted by Gasteiger charge is -2.36. The summed E-state index contributed by atoms with van der Waals surface area (Å²) in [5.74, 6) is 2.33. The molecule has 5 N–H and O–H groups in total. The molecule has 170 valence electrons. The molecule has 2 aromatic heterocycles. The van der Waals surface area contributed by atoms with Gasteiger partial charge in [0.1, 0.15) is 5.82 Å². The Balaban J connectivity index is 1.51. The summed E-state index contributed by atoms with van der Waals surface area (Å²) in [4.78, 5) is 11.8. The van der Waals surface area contributed by atoms with Gasteiger partial charge in [0.25, 0.3) is 0 Å². The SMILES string of the molecule is CC[C@@H]1COCCN1c1cc(-c2cc(N)c3c(NC4CCCC4)n[nH]c3c2)nc(NC)n1. The van der Waals surface area contributed by atoms with Crippen molar-refractivity contribution in [3.63, 3.8) is 0 Å². The minimum Gasteiger partial charge on any atom is -0.398 e. The summed E-state index contributed by atoms with van der Waals surface area (Å²) < 4.78 is 5.68. The van der Waals surface area contributed by atoms with Gasteiger partial charge in [0.2, 0.25) is 5.95 Å². The highest BCUT2D eigenvalue weighted by Gasteiger charge is 2.24. The highest BCUT2D eigenvalue weighted by atomic mass is 16.5. The van der Waals surface area contributed by atoms with Crippen molar-refractivity contribution in [3.8, 4) is 11.3 Å². The van der Waals surface area contributed by atoms with E-state index in [1.807, 2.05) is 19.2 Å². The summed E-state index contributed by atoms with van der Waals surface area (Å²) in [5.41, 5.74) is 9.89. The molecule has 0 spiro atoms. The summed E-state index contributed by atoms with van der Waals surface area (Å²) >= 11 is 0. The molecule has 1 aliphatic carbocycles. The fraction of sp³-hybridized carbons (Fsp3) is 0.522. The van der Waals surface area contributed by atoms with Crippen LogP contribution < -0.4 is 21.3 Å². The van der Waals surface area contributed by atoms with Crippen molar-refractivity contribution in [2.75, 3.05) is 48.1 Å². The van der Waals surface area contributed by atoms with Gasteiger partial charge in [-0.05, 0) is 31.4 Å². The number of hydrogen-bond donors (Lipinski definition) is 4. The second-order valence-corrected chi connectivity index (χ2v) is 8.70. The number of nitrogen functional groups attached to an aromatic ring is 1. The lowest BCUT2D eigenvalue weighted by Crippen LogP contribution is -2.45. The van der Waals surface area contributed by atoms with E-state index in [9.17, 15) is 0 Å². The summed E-state index contributed by atoms with van der Waals surface area (Å²) in [7, 11) is 1.84. The minimum atomic E-state index is 0.306. The van der Waals surface area contributed by atoms with E-state index in [1.54, 1.807) is 0 Å². The van der Waals surface area contributed by atoms with Crippen LogP contribution in [0.2, 0.25) is 0 Å². The molecule has 1 atom stereocenters. The predicted molar refractivity (Wildman–Crippen MR) is 129 cm³/mol. The third kappa shape index (κ3) is 3.92. The number of nitrogens with zero attached hydrogens (tertiary/aromatic N) is 4. The zero-order chi connectivity index (χ0) is 22.1. The van der Waals surface area contributed by atoms with Crippen molar-refractivity contribution in [1.82, 2.24) is 20.2 Å². The van der Waals surface area contributed by atoms with Gasteiger partial charge in [-0.25, -0.2) is 4.98 Å². The van der Waals surface area contributed by atoms with Crippen LogP contribution in [0.15, 0.2) is 18.2 Å². The van der Waals surface area contributed by atoms with Gasteiger partial charge in [-0.3, -0.25) is 5.10 Å². The number of benzene rings is 1. The van der Waals surface area contributed by atoms with E-state index < -0.39 is 0 Å². The Labute approximate surface area is 188 Å². The minimum absolute atomic E-state index is 0.306. The maximum Gasteiger partial charge on any atom is 0.224 e. The largest absolute Gasteiger partial charge is 0.398 e. The van der Waals surface area contributed by atoms with Crippen molar-refractivity contribution in [2.24, 2.45) is 0 Å². The van der Waals surface area contributed by atoms with E-state index in [0.29, 0.717) is 36.9 Å². The maximum absolute atomic E-state index is 6.52. The van der Waals surface area contributed by atoms with E-state index in [4.69, 9.17) is 20.4 Å². The maximum atomic E-state index is 6.52. The molecule has 1 aliphatic heterocycles. The van der Waals surface area contributed by atoms with Crippen LogP contribution in [0.25, 0.3) is 22.2 Å². The molecule has 0 radical (unpaired) electrons. The van der Waals surface area contributed by atoms with Crippen LogP contribution in [0.1, 0.15) is 39.0 Å². The normalized spacial score (nSPS) is 19.6. The fourth-order valence-electron chi connectivity index (χ4n) is 4.84. The van der Waals surface area contributed by atoms with Crippen molar-refractivity contribution in [1.29, 1.82) is 0 Å². The second-order valence-electron chi connectivity index (χ2n) is 8.70. The highest BCUT2D eigenvalue weighted by Crippen LogP contribution is 2.35. The van der Waals surface area contributed by atoms with Crippen LogP contribution in [-0.4, -0.2) is 59.1 Å². The number of morpholine rings is 1. The Morgan fingerprint density at radius 2 is 2.06 bits per heavy atom. The predicted octanol–water partition coefficient (Wildman–Crippen LogP) is 3.61. The first-order chi connectivity index (χ1) is 15.7. The van der Waals surface area contributed by atoms with Crippen LogP contribution >= 0.6 is 0 Å². The summed E-state index contributed by atoms with van der Waals surface area (Å²) in [6.45, 7) is 4.41. The number of aromatic nitrogens is 4. The topological polar surface area (TPSA) is 117 Å². The number of nitrogens with two attached hydrogens (primary N) is 1. The summed E-state index contributed by atoms with van der Waals surface area (Å²) in [5, 5.41) is 15.3.